The van der Waals surface area contributed by atoms with Crippen molar-refractivity contribution >= 4 is 5.97 Å². The molecule has 0 saturated heterocycles. The molecule has 0 aliphatic heterocycles. The van der Waals surface area contributed by atoms with E-state index in [0.717, 1.165) is 0 Å². The largest absolute Gasteiger partial charge is 2.00 e. The minimum Gasteiger partial charge on any atom is -1.00 e. The van der Waals surface area contributed by atoms with E-state index >= 15 is 0 Å². The van der Waals surface area contributed by atoms with E-state index in [1.807, 2.05) is 0 Å². The number of carboxylic acids is 1. The van der Waals surface area contributed by atoms with Crippen LogP contribution in [0.2, 0.25) is 0 Å². The van der Waals surface area contributed by atoms with Crippen molar-refractivity contribution < 1.29 is 43.3 Å². The number of carbonyl (C=O) groups excluding carboxylic acids is 1. The van der Waals surface area contributed by atoms with Crippen LogP contribution in [0.4, 0.5) is 0 Å². The fourth-order valence-electron chi connectivity index (χ4n) is 0.387. The summed E-state index contributed by atoms with van der Waals surface area (Å²) in [5.41, 5.74) is 0. The van der Waals surface area contributed by atoms with Crippen LogP contribution in [0.15, 0.2) is 0 Å². The zero-order valence-electron chi connectivity index (χ0n) is 6.93. The van der Waals surface area contributed by atoms with Crippen molar-refractivity contribution in [2.45, 2.75) is 0 Å². The van der Waals surface area contributed by atoms with Gasteiger partial charge in [0.2, 0.25) is 0 Å². The molecule has 0 rings (SSSR count). The first-order valence-electron chi connectivity index (χ1n) is 2.42. The topological polar surface area (TPSA) is 40.1 Å². The molecule has 0 aliphatic rings. The fraction of sp³-hybridized carbons (Fsp3) is 0.800. The first-order chi connectivity index (χ1) is 3.42. The Balaban J connectivity index is -0.0000000817. The van der Waals surface area contributed by atoms with E-state index in [1.54, 1.807) is 21.1 Å². The molecule has 11 heavy (non-hydrogen) atoms. The van der Waals surface area contributed by atoms with E-state index in [9.17, 15) is 9.90 Å². The van der Waals surface area contributed by atoms with Crippen LogP contribution in [0.5, 0.6) is 0 Å². The molecule has 0 aromatic rings. The van der Waals surface area contributed by atoms with Crippen molar-refractivity contribution in [3.63, 3.8) is 0 Å². The summed E-state index contributed by atoms with van der Waals surface area (Å²) in [5.74, 6) is -1.00. The van der Waals surface area contributed by atoms with E-state index in [2.05, 4.69) is 0 Å². The van der Waals surface area contributed by atoms with Crippen LogP contribution in [0.3, 0.4) is 0 Å². The standard InChI is InChI=1S/C5H11NO2.2FH.Zn/c1-6(2,3)4-5(7)8;;;/h4H2,1-3H3;2*1H;/q;;;+2/p-2. The molecule has 6 heteroatoms. The predicted molar refractivity (Wildman–Crippen MR) is 27.9 cm³/mol. The van der Waals surface area contributed by atoms with Gasteiger partial charge in [0.05, 0.1) is 27.1 Å². The van der Waals surface area contributed by atoms with Crippen LogP contribution >= 0.6 is 0 Å². The molecular formula is C5H11F2NO2Zn. The predicted octanol–water partition coefficient (Wildman–Crippen LogP) is -7.55. The number of quaternary nitrogens is 1. The Morgan fingerprint density at radius 3 is 1.55 bits per heavy atom. The Labute approximate surface area is 77.5 Å². The number of carboxylic acid groups (broad SMARTS) is 1. The fourth-order valence-corrected chi connectivity index (χ4v) is 0.387. The molecule has 0 bridgehead atoms. The number of aliphatic carboxylic acids is 1. The molecule has 0 aromatic heterocycles. The van der Waals surface area contributed by atoms with Gasteiger partial charge < -0.3 is 23.8 Å². The van der Waals surface area contributed by atoms with E-state index in [-0.39, 0.29) is 35.4 Å². The van der Waals surface area contributed by atoms with E-state index in [1.165, 1.54) is 0 Å². The van der Waals surface area contributed by atoms with Crippen LogP contribution < -0.4 is 14.5 Å². The number of nitrogens with zero attached hydrogens (tertiary/aromatic N) is 1. The molecule has 0 atom stereocenters. The zero-order chi connectivity index (χ0) is 6.78. The second-order valence-electron chi connectivity index (χ2n) is 2.82. The number of carbonyl (C=O) groups is 1. The normalized spacial score (nSPS) is 8.27. The van der Waals surface area contributed by atoms with Crippen molar-refractivity contribution in [2.75, 3.05) is 27.7 Å². The zero-order valence-corrected chi connectivity index (χ0v) is 9.90. The molecular weight excluding hydrogens is 209 g/mol. The molecule has 0 unspecified atom stereocenters. The Bertz CT molecular complexity index is 105. The summed E-state index contributed by atoms with van der Waals surface area (Å²) in [5, 5.41) is 9.89. The Kier molecular flexibility index (Phi) is 16.3. The summed E-state index contributed by atoms with van der Waals surface area (Å²) < 4.78 is 0.419. The van der Waals surface area contributed by atoms with Crippen LogP contribution in [0, 0.1) is 0 Å². The monoisotopic (exact) mass is 219 g/mol. The number of hydrogen-bond donors (Lipinski definition) is 0. The van der Waals surface area contributed by atoms with Gasteiger partial charge in [0.15, 0.2) is 0 Å². The quantitative estimate of drug-likeness (QED) is 0.343. The maximum absolute atomic E-state index is 9.89. The summed E-state index contributed by atoms with van der Waals surface area (Å²) in [6, 6.07) is 0. The average Bonchev–Trinajstić information content (AvgIpc) is 1.21. The van der Waals surface area contributed by atoms with Crippen LogP contribution in [-0.4, -0.2) is 38.1 Å². The third kappa shape index (κ3) is 25.7. The molecule has 0 N–H and O–H groups in total. The Hall–Kier alpha value is -0.0866. The molecule has 64 valence electrons. The first-order valence-corrected chi connectivity index (χ1v) is 2.42. The maximum atomic E-state index is 9.89. The second-order valence-corrected chi connectivity index (χ2v) is 2.82. The summed E-state index contributed by atoms with van der Waals surface area (Å²) in [4.78, 5) is 9.89. The molecule has 0 heterocycles. The van der Waals surface area contributed by atoms with Gasteiger partial charge in [-0.15, -0.1) is 0 Å². The van der Waals surface area contributed by atoms with Gasteiger partial charge in [0.1, 0.15) is 6.54 Å². The van der Waals surface area contributed by atoms with Gasteiger partial charge in [0.25, 0.3) is 0 Å². The van der Waals surface area contributed by atoms with Gasteiger partial charge in [-0.1, -0.05) is 0 Å². The van der Waals surface area contributed by atoms with Crippen LogP contribution in [0.25, 0.3) is 0 Å². The minimum atomic E-state index is -1.00. The maximum Gasteiger partial charge on any atom is 2.00 e. The van der Waals surface area contributed by atoms with Gasteiger partial charge in [0, 0.05) is 0 Å². The second kappa shape index (κ2) is 8.01. The molecule has 0 amide bonds. The molecule has 0 saturated carbocycles. The number of likely N-dealkylation sites (N-methyl/N-ethyl adjacent to an activating group) is 1. The third-order valence-corrected chi connectivity index (χ3v) is 0.603. The minimum absolute atomic E-state index is 0. The van der Waals surface area contributed by atoms with Crippen molar-refractivity contribution in [1.82, 2.24) is 0 Å². The average molecular weight is 221 g/mol. The van der Waals surface area contributed by atoms with Crippen LogP contribution in [-0.2, 0) is 24.3 Å². The van der Waals surface area contributed by atoms with E-state index < -0.39 is 5.97 Å². The van der Waals surface area contributed by atoms with Gasteiger partial charge >= 0.3 is 19.5 Å². The van der Waals surface area contributed by atoms with E-state index in [4.69, 9.17) is 0 Å². The summed E-state index contributed by atoms with van der Waals surface area (Å²) in [7, 11) is 5.40. The van der Waals surface area contributed by atoms with Crippen molar-refractivity contribution in [3.8, 4) is 0 Å². The summed E-state index contributed by atoms with van der Waals surface area (Å²) >= 11 is 0. The van der Waals surface area contributed by atoms with Crippen molar-refractivity contribution in [1.29, 1.82) is 0 Å². The van der Waals surface area contributed by atoms with Gasteiger partial charge in [-0.25, -0.2) is 0 Å². The van der Waals surface area contributed by atoms with E-state index in [0.29, 0.717) is 4.48 Å². The van der Waals surface area contributed by atoms with Gasteiger partial charge in [-0.2, -0.15) is 0 Å². The van der Waals surface area contributed by atoms with Crippen molar-refractivity contribution in [2.24, 2.45) is 0 Å². The Morgan fingerprint density at radius 2 is 1.55 bits per heavy atom. The number of halogens is 2. The van der Waals surface area contributed by atoms with Gasteiger partial charge in [-0.05, 0) is 0 Å². The molecule has 0 spiro atoms. The van der Waals surface area contributed by atoms with Crippen molar-refractivity contribution in [3.05, 3.63) is 0 Å². The molecule has 0 aliphatic carbocycles. The smallest absolute Gasteiger partial charge is 1.00 e. The summed E-state index contributed by atoms with van der Waals surface area (Å²) in [6.07, 6.45) is 0. The molecule has 0 fully saturated rings. The Morgan fingerprint density at radius 1 is 1.27 bits per heavy atom. The molecule has 0 aromatic carbocycles. The van der Waals surface area contributed by atoms with Crippen LogP contribution in [0.1, 0.15) is 0 Å². The summed E-state index contributed by atoms with van der Waals surface area (Å²) in [6.45, 7) is 0.0694. The number of hydrogen-bond acceptors (Lipinski definition) is 2. The number of rotatable bonds is 2. The first kappa shape index (κ1) is 22.4. The van der Waals surface area contributed by atoms with Gasteiger partial charge in [-0.3, -0.25) is 0 Å². The molecule has 0 radical (unpaired) electrons. The third-order valence-electron chi connectivity index (χ3n) is 0.603. The SMILES string of the molecule is C[N+](C)(C)CC(=O)[O-].[F-].[F-].[Zn+2]. The molecule has 3 nitrogen and oxygen atoms in total.